The van der Waals surface area contributed by atoms with E-state index in [0.29, 0.717) is 11.1 Å². The van der Waals surface area contributed by atoms with Gasteiger partial charge in [-0.1, -0.05) is 167 Å². The zero-order valence-electron chi connectivity index (χ0n) is 34.8. The zero-order chi connectivity index (χ0) is 42.4. The SMILES string of the molecule is FC(c1[c-]c2c(cc1)c1ccccc1n1ccnc21)c1[c-]c2c(cc1)c1cc3c(cc1n2-c1ccccn1)[Si](c1ccccc1)(c1ccccc1)c1ccccc1C3c1ccccc1.[Pt+2]. The first-order valence-corrected chi connectivity index (χ1v) is 23.7. The normalized spacial score (nSPS) is 14.6. The molecule has 4 nitrogen and oxygen atoms in total. The molecule has 310 valence electrons. The Morgan fingerprint density at radius 1 is 0.523 bits per heavy atom. The molecule has 1 aliphatic rings. The summed E-state index contributed by atoms with van der Waals surface area (Å²) in [6.45, 7) is 0. The van der Waals surface area contributed by atoms with E-state index in [1.165, 1.54) is 37.4 Å². The molecule has 0 N–H and O–H groups in total. The summed E-state index contributed by atoms with van der Waals surface area (Å²) >= 11 is 0. The molecule has 4 aromatic heterocycles. The molecule has 2 atom stereocenters. The van der Waals surface area contributed by atoms with Gasteiger partial charge in [0.1, 0.15) is 12.0 Å². The number of nitrogens with zero attached hydrogens (tertiary/aromatic N) is 4. The fourth-order valence-corrected chi connectivity index (χ4v) is 16.1. The monoisotopic (exact) mass is 1030 g/mol. The topological polar surface area (TPSA) is 35.1 Å². The molecule has 8 aromatic carbocycles. The summed E-state index contributed by atoms with van der Waals surface area (Å²) in [4.78, 5) is 9.64. The minimum absolute atomic E-state index is 0. The average molecular weight is 1030 g/mol. The van der Waals surface area contributed by atoms with Gasteiger partial charge >= 0.3 is 21.1 Å². The molecular weight excluding hydrogens is 995 g/mol. The van der Waals surface area contributed by atoms with E-state index in [1.54, 1.807) is 6.20 Å². The third kappa shape index (κ3) is 5.84. The molecular formula is C58H37FN4PtSi. The van der Waals surface area contributed by atoms with Gasteiger partial charge in [-0.3, -0.25) is 4.98 Å². The number of alkyl halides is 1. The summed E-state index contributed by atoms with van der Waals surface area (Å²) in [5.74, 6) is 0.735. The molecule has 0 amide bonds. The predicted octanol–water partition coefficient (Wildman–Crippen LogP) is 10.7. The molecule has 0 saturated heterocycles. The summed E-state index contributed by atoms with van der Waals surface area (Å²) in [5, 5.41) is 10.3. The minimum atomic E-state index is -2.98. The fraction of sp³-hybridized carbons (Fsp3) is 0.0345. The summed E-state index contributed by atoms with van der Waals surface area (Å²) < 4.78 is 21.6. The van der Waals surface area contributed by atoms with Gasteiger partial charge in [-0.05, 0) is 72.5 Å². The van der Waals surface area contributed by atoms with Crippen LogP contribution in [-0.2, 0) is 21.1 Å². The van der Waals surface area contributed by atoms with E-state index in [-0.39, 0.29) is 27.0 Å². The molecule has 0 aliphatic carbocycles. The molecule has 0 radical (unpaired) electrons. The van der Waals surface area contributed by atoms with Crippen LogP contribution in [0.2, 0.25) is 0 Å². The number of pyridine rings is 2. The molecule has 65 heavy (non-hydrogen) atoms. The van der Waals surface area contributed by atoms with Gasteiger partial charge in [-0.2, -0.15) is 18.2 Å². The van der Waals surface area contributed by atoms with E-state index >= 15 is 4.39 Å². The minimum Gasteiger partial charge on any atom is -0.340 e. The van der Waals surface area contributed by atoms with E-state index in [2.05, 4.69) is 167 Å². The van der Waals surface area contributed by atoms with Crippen molar-refractivity contribution in [2.24, 2.45) is 0 Å². The fourth-order valence-electron chi connectivity index (χ4n) is 10.8. The standard InChI is InChI=1S/C58H37FN4Si.Pt/c59-57(39-27-29-43-44-22-10-12-24-50(44)62-33-32-61-58(62)48(43)34-39)40-28-30-45-47-36-49-54(37-52(47)63(51(45)35-40)55-26-14-15-31-60-55)64(41-18-6-2-7-19-41,42-20-8-3-9-21-42)53-25-13-11-23-46(53)56(49)38-16-4-1-5-17-38;/h1-33,36-37,56-57H;/q-2;+2. The van der Waals surface area contributed by atoms with Crippen LogP contribution in [-0.4, -0.2) is 27.0 Å². The summed E-state index contributed by atoms with van der Waals surface area (Å²) in [5.41, 5.74) is 8.31. The Labute approximate surface area is 390 Å². The number of benzene rings is 8. The molecule has 0 fully saturated rings. The first-order valence-electron chi connectivity index (χ1n) is 21.7. The quantitative estimate of drug-likeness (QED) is 0.0945. The molecule has 13 rings (SSSR count). The number of imidazole rings is 1. The maximum atomic E-state index is 17.4. The van der Waals surface area contributed by atoms with Crippen molar-refractivity contribution in [1.82, 2.24) is 18.9 Å². The van der Waals surface area contributed by atoms with Gasteiger partial charge in [-0.25, -0.2) is 9.37 Å². The molecule has 1 aliphatic heterocycles. The van der Waals surface area contributed by atoms with E-state index in [9.17, 15) is 0 Å². The van der Waals surface area contributed by atoms with Crippen molar-refractivity contribution in [3.63, 3.8) is 0 Å². The third-order valence-electron chi connectivity index (χ3n) is 13.5. The second-order valence-corrected chi connectivity index (χ2v) is 20.5. The van der Waals surface area contributed by atoms with Crippen LogP contribution in [0.25, 0.3) is 54.9 Å². The van der Waals surface area contributed by atoms with E-state index in [1.807, 2.05) is 60.9 Å². The molecule has 2 unspecified atom stereocenters. The Hall–Kier alpha value is -7.24. The van der Waals surface area contributed by atoms with Crippen molar-refractivity contribution >= 4 is 77.9 Å². The Morgan fingerprint density at radius 3 is 1.94 bits per heavy atom. The van der Waals surface area contributed by atoms with Gasteiger partial charge in [-0.15, -0.1) is 29.1 Å². The van der Waals surface area contributed by atoms with Gasteiger partial charge < -0.3 is 8.97 Å². The van der Waals surface area contributed by atoms with Gasteiger partial charge in [0, 0.05) is 35.5 Å². The van der Waals surface area contributed by atoms with Crippen molar-refractivity contribution < 1.29 is 25.5 Å². The number of para-hydroxylation sites is 1. The molecule has 5 heterocycles. The van der Waals surface area contributed by atoms with E-state index in [0.717, 1.165) is 54.9 Å². The number of fused-ring (bicyclic) bond motifs is 11. The number of hydrogen-bond donors (Lipinski definition) is 0. The molecule has 7 heteroatoms. The second-order valence-electron chi connectivity index (χ2n) is 16.8. The number of aromatic nitrogens is 4. The molecule has 12 aromatic rings. The maximum Gasteiger partial charge on any atom is 2.00 e. The average Bonchev–Trinajstić information content (AvgIpc) is 3.99. The van der Waals surface area contributed by atoms with Gasteiger partial charge in [0.25, 0.3) is 0 Å². The molecule has 0 saturated carbocycles. The number of halogens is 1. The third-order valence-corrected chi connectivity index (χ3v) is 18.4. The number of hydrogen-bond acceptors (Lipinski definition) is 2. The van der Waals surface area contributed by atoms with Crippen molar-refractivity contribution in [2.75, 3.05) is 0 Å². The van der Waals surface area contributed by atoms with E-state index < -0.39 is 14.2 Å². The van der Waals surface area contributed by atoms with E-state index in [4.69, 9.17) is 9.97 Å². The van der Waals surface area contributed by atoms with Crippen LogP contribution in [0.4, 0.5) is 4.39 Å². The van der Waals surface area contributed by atoms with Crippen molar-refractivity contribution in [3.8, 4) is 5.82 Å². The molecule has 0 spiro atoms. The second kappa shape index (κ2) is 15.5. The van der Waals surface area contributed by atoms with Crippen LogP contribution in [0, 0.1) is 12.1 Å². The Kier molecular flexibility index (Phi) is 9.37. The van der Waals surface area contributed by atoms with Crippen molar-refractivity contribution in [2.45, 2.75) is 12.1 Å². The van der Waals surface area contributed by atoms with Crippen LogP contribution in [0.1, 0.15) is 39.9 Å². The summed E-state index contributed by atoms with van der Waals surface area (Å²) in [6.07, 6.45) is 4.07. The van der Waals surface area contributed by atoms with Crippen LogP contribution < -0.4 is 20.7 Å². The largest absolute Gasteiger partial charge is 2.00 e. The number of rotatable bonds is 6. The Bertz CT molecular complexity index is 3720. The van der Waals surface area contributed by atoms with Crippen molar-refractivity contribution in [3.05, 3.63) is 253 Å². The molecule has 0 bridgehead atoms. The van der Waals surface area contributed by atoms with Gasteiger partial charge in [0.2, 0.25) is 0 Å². The van der Waals surface area contributed by atoms with Gasteiger partial charge in [0.15, 0.2) is 8.07 Å². The van der Waals surface area contributed by atoms with Crippen LogP contribution in [0.15, 0.2) is 213 Å². The zero-order valence-corrected chi connectivity index (χ0v) is 38.1. The van der Waals surface area contributed by atoms with Gasteiger partial charge in [0.05, 0.1) is 5.65 Å². The maximum absolute atomic E-state index is 17.4. The Balaban J connectivity index is 0.00000444. The van der Waals surface area contributed by atoms with Crippen molar-refractivity contribution in [1.29, 1.82) is 0 Å². The first-order chi connectivity index (χ1) is 31.7. The van der Waals surface area contributed by atoms with Crippen LogP contribution >= 0.6 is 0 Å². The smallest absolute Gasteiger partial charge is 0.340 e. The summed E-state index contributed by atoms with van der Waals surface area (Å²) in [7, 11) is -2.98. The van der Waals surface area contributed by atoms with Crippen LogP contribution in [0.5, 0.6) is 0 Å². The van der Waals surface area contributed by atoms with Crippen LogP contribution in [0.3, 0.4) is 0 Å². The predicted molar refractivity (Wildman–Crippen MR) is 260 cm³/mol. The Morgan fingerprint density at radius 2 is 1.18 bits per heavy atom. The first kappa shape index (κ1) is 39.4. The summed E-state index contributed by atoms with van der Waals surface area (Å²) in [6, 6.07) is 76.4.